The van der Waals surface area contributed by atoms with Gasteiger partial charge in [0.2, 0.25) is 17.7 Å². The van der Waals surface area contributed by atoms with Crippen LogP contribution < -0.4 is 5.32 Å². The Balaban J connectivity index is 1.20. The lowest BCUT2D eigenvalue weighted by Gasteiger charge is -2.28. The summed E-state index contributed by atoms with van der Waals surface area (Å²) in [6, 6.07) is 7.70. The summed E-state index contributed by atoms with van der Waals surface area (Å²) in [6.45, 7) is 0.475. The molecule has 2 bridgehead atoms. The van der Waals surface area contributed by atoms with Gasteiger partial charge in [0, 0.05) is 31.9 Å². The van der Waals surface area contributed by atoms with Gasteiger partial charge in [0.1, 0.15) is 0 Å². The van der Waals surface area contributed by atoms with Gasteiger partial charge in [-0.1, -0.05) is 38.3 Å². The molecule has 1 aromatic carbocycles. The highest BCUT2D eigenvalue weighted by Gasteiger charge is 2.66. The van der Waals surface area contributed by atoms with Gasteiger partial charge in [-0.05, 0) is 78.0 Å². The van der Waals surface area contributed by atoms with Gasteiger partial charge in [-0.25, -0.2) is 0 Å². The first kappa shape index (κ1) is 21.7. The maximum Gasteiger partial charge on any atom is 0.233 e. The minimum atomic E-state index is -0.134. The number of carbonyl (C=O) groups excluding carboxylic acids is 3. The fraction of sp³-hybridized carbons (Fsp3) is 0.571. The maximum atomic E-state index is 12.8. The SMILES string of the molecule is O=C(CCCCCN1C(=O)[C@H]2[C@H]3C[C@@H]([C@@H](Br)[C@@H]3Br)[C@@H]2C1=O)Nc1ccc(I)cc1. The number of nitrogens with zero attached hydrogens (tertiary/aromatic N) is 1. The van der Waals surface area contributed by atoms with Crippen LogP contribution in [0.25, 0.3) is 0 Å². The molecule has 29 heavy (non-hydrogen) atoms. The van der Waals surface area contributed by atoms with E-state index in [1.54, 1.807) is 0 Å². The van der Waals surface area contributed by atoms with Crippen LogP contribution in [0.4, 0.5) is 5.69 Å². The van der Waals surface area contributed by atoms with Gasteiger partial charge >= 0.3 is 0 Å². The van der Waals surface area contributed by atoms with E-state index in [1.807, 2.05) is 24.3 Å². The van der Waals surface area contributed by atoms with Gasteiger partial charge in [0.15, 0.2) is 0 Å². The van der Waals surface area contributed by atoms with E-state index in [0.717, 1.165) is 34.9 Å². The van der Waals surface area contributed by atoms with Gasteiger partial charge < -0.3 is 5.32 Å². The molecule has 0 radical (unpaired) electrons. The Hall–Kier alpha value is -0.480. The molecule has 1 heterocycles. The van der Waals surface area contributed by atoms with Gasteiger partial charge in [0.25, 0.3) is 0 Å². The molecule has 3 amide bonds. The molecule has 6 atom stereocenters. The van der Waals surface area contributed by atoms with Crippen molar-refractivity contribution in [3.8, 4) is 0 Å². The maximum absolute atomic E-state index is 12.8. The van der Waals surface area contributed by atoms with Crippen molar-refractivity contribution in [2.24, 2.45) is 23.7 Å². The van der Waals surface area contributed by atoms with E-state index in [0.29, 0.717) is 13.0 Å². The predicted octanol–water partition coefficient (Wildman–Crippen LogP) is 4.57. The fourth-order valence-corrected chi connectivity index (χ4v) is 7.35. The molecule has 0 aromatic heterocycles. The predicted molar refractivity (Wildman–Crippen MR) is 127 cm³/mol. The zero-order valence-corrected chi connectivity index (χ0v) is 21.2. The molecule has 8 heteroatoms. The van der Waals surface area contributed by atoms with E-state index in [2.05, 4.69) is 59.8 Å². The Kier molecular flexibility index (Phi) is 6.70. The summed E-state index contributed by atoms with van der Waals surface area (Å²) < 4.78 is 1.13. The van der Waals surface area contributed by atoms with Gasteiger partial charge in [-0.2, -0.15) is 0 Å². The zero-order chi connectivity index (χ0) is 20.7. The van der Waals surface area contributed by atoms with E-state index in [-0.39, 0.29) is 51.0 Å². The highest BCUT2D eigenvalue weighted by Crippen LogP contribution is 2.60. The van der Waals surface area contributed by atoms with E-state index in [4.69, 9.17) is 0 Å². The molecule has 0 spiro atoms. The van der Waals surface area contributed by atoms with Crippen LogP contribution in [-0.2, 0) is 14.4 Å². The lowest BCUT2D eigenvalue weighted by molar-refractivity contribution is -0.140. The molecular weight excluding hydrogens is 615 g/mol. The van der Waals surface area contributed by atoms with Crippen molar-refractivity contribution in [2.75, 3.05) is 11.9 Å². The van der Waals surface area contributed by atoms with Crippen LogP contribution in [0.15, 0.2) is 24.3 Å². The number of nitrogens with one attached hydrogen (secondary N) is 1. The fourth-order valence-electron chi connectivity index (χ4n) is 5.12. The summed E-state index contributed by atoms with van der Waals surface area (Å²) in [4.78, 5) is 39.8. The van der Waals surface area contributed by atoms with Crippen LogP contribution in [0.3, 0.4) is 0 Å². The summed E-state index contributed by atoms with van der Waals surface area (Å²) in [5.74, 6) is 0.301. The highest BCUT2D eigenvalue weighted by molar-refractivity contribution is 14.1. The zero-order valence-electron chi connectivity index (χ0n) is 15.8. The molecule has 3 aliphatic rings. The quantitative estimate of drug-likeness (QED) is 0.206. The number of imide groups is 1. The molecule has 1 aromatic rings. The van der Waals surface area contributed by atoms with Crippen molar-refractivity contribution in [3.05, 3.63) is 27.8 Å². The lowest BCUT2D eigenvalue weighted by atomic mass is 9.81. The van der Waals surface area contributed by atoms with Crippen LogP contribution in [-0.4, -0.2) is 38.8 Å². The molecule has 2 saturated carbocycles. The van der Waals surface area contributed by atoms with Crippen molar-refractivity contribution in [3.63, 3.8) is 0 Å². The number of hydrogen-bond donors (Lipinski definition) is 1. The second kappa shape index (κ2) is 8.94. The second-order valence-electron chi connectivity index (χ2n) is 8.20. The minimum absolute atomic E-state index is 0.00244. The van der Waals surface area contributed by atoms with Crippen LogP contribution in [0, 0.1) is 27.2 Å². The van der Waals surface area contributed by atoms with E-state index < -0.39 is 0 Å². The molecule has 1 saturated heterocycles. The summed E-state index contributed by atoms with van der Waals surface area (Å²) >= 11 is 9.65. The monoisotopic (exact) mass is 636 g/mol. The number of amides is 3. The third-order valence-electron chi connectivity index (χ3n) is 6.49. The second-order valence-corrected chi connectivity index (χ2v) is 11.6. The van der Waals surface area contributed by atoms with E-state index in [1.165, 1.54) is 4.90 Å². The lowest BCUT2D eigenvalue weighted by Crippen LogP contribution is -2.37. The number of rotatable bonds is 7. The highest BCUT2D eigenvalue weighted by atomic mass is 127. The van der Waals surface area contributed by atoms with Crippen LogP contribution in [0.1, 0.15) is 32.1 Å². The third kappa shape index (κ3) is 4.18. The normalized spacial score (nSPS) is 32.7. The molecule has 2 aliphatic carbocycles. The molecule has 4 rings (SSSR count). The van der Waals surface area contributed by atoms with E-state index in [9.17, 15) is 14.4 Å². The number of halogens is 3. The van der Waals surface area contributed by atoms with Crippen molar-refractivity contribution in [2.45, 2.75) is 41.8 Å². The number of unbranched alkanes of at least 4 members (excludes halogenated alkanes) is 2. The van der Waals surface area contributed by atoms with Crippen molar-refractivity contribution >= 4 is 77.9 Å². The minimum Gasteiger partial charge on any atom is -0.326 e. The smallest absolute Gasteiger partial charge is 0.233 e. The Morgan fingerprint density at radius 2 is 1.59 bits per heavy atom. The summed E-state index contributed by atoms with van der Waals surface area (Å²) in [5, 5.41) is 2.90. The van der Waals surface area contributed by atoms with Crippen molar-refractivity contribution in [1.82, 2.24) is 4.90 Å². The molecule has 5 nitrogen and oxygen atoms in total. The van der Waals surface area contributed by atoms with E-state index >= 15 is 0 Å². The number of likely N-dealkylation sites (tertiary alicyclic amines) is 1. The first-order valence-electron chi connectivity index (χ1n) is 10.1. The van der Waals surface area contributed by atoms with Gasteiger partial charge in [-0.3, -0.25) is 19.3 Å². The topological polar surface area (TPSA) is 66.5 Å². The standard InChI is InChI=1S/C21H23Br2IN2O3/c22-18-13-10-14(19(18)23)17-16(13)20(28)26(21(17)29)9-3-1-2-4-15(27)25-12-7-5-11(24)6-8-12/h5-8,13-14,16-19H,1-4,9-10H2,(H,25,27)/t13-,14-,16+,17+,18-,19-/m1/s1. The first-order chi connectivity index (χ1) is 13.9. The molecular formula is C21H23Br2IN2O3. The number of fused-ring (bicyclic) bond motifs is 5. The summed E-state index contributed by atoms with van der Waals surface area (Å²) in [7, 11) is 0. The molecule has 1 aliphatic heterocycles. The van der Waals surface area contributed by atoms with Crippen molar-refractivity contribution in [1.29, 1.82) is 0 Å². The van der Waals surface area contributed by atoms with Crippen LogP contribution >= 0.6 is 54.5 Å². The average Bonchev–Trinajstić information content (AvgIpc) is 3.29. The molecule has 0 unspecified atom stereocenters. The Morgan fingerprint density at radius 1 is 1.00 bits per heavy atom. The molecule has 1 N–H and O–H groups in total. The molecule has 156 valence electrons. The Bertz CT molecular complexity index is 787. The average molecular weight is 638 g/mol. The third-order valence-corrected chi connectivity index (χ3v) is 10.4. The Morgan fingerprint density at radius 3 is 2.17 bits per heavy atom. The number of hydrogen-bond acceptors (Lipinski definition) is 3. The van der Waals surface area contributed by atoms with Gasteiger partial charge in [0.05, 0.1) is 11.8 Å². The number of alkyl halides is 2. The number of carbonyl (C=O) groups is 3. The first-order valence-corrected chi connectivity index (χ1v) is 13.0. The summed E-state index contributed by atoms with van der Waals surface area (Å²) in [5.41, 5.74) is 0.806. The van der Waals surface area contributed by atoms with Crippen LogP contribution in [0.5, 0.6) is 0 Å². The number of benzene rings is 1. The molecule has 3 fully saturated rings. The van der Waals surface area contributed by atoms with Crippen LogP contribution in [0.2, 0.25) is 0 Å². The van der Waals surface area contributed by atoms with Gasteiger partial charge in [-0.15, -0.1) is 0 Å². The largest absolute Gasteiger partial charge is 0.326 e. The summed E-state index contributed by atoms with van der Waals surface area (Å²) in [6.07, 6.45) is 3.72. The number of anilines is 1. The Labute approximate surface area is 201 Å². The van der Waals surface area contributed by atoms with Crippen molar-refractivity contribution < 1.29 is 14.4 Å².